The molecule has 25 heavy (non-hydrogen) atoms. The van der Waals surface area contributed by atoms with Crippen LogP contribution >= 0.6 is 0 Å². The van der Waals surface area contributed by atoms with E-state index >= 15 is 0 Å². The molecular weight excluding hydrogens is 348 g/mol. The monoisotopic (exact) mass is 372 g/mol. The molecule has 1 N–H and O–H groups in total. The van der Waals surface area contributed by atoms with Gasteiger partial charge in [0, 0.05) is 12.8 Å². The van der Waals surface area contributed by atoms with Gasteiger partial charge in [0.15, 0.2) is 24.1 Å². The van der Waals surface area contributed by atoms with Crippen molar-refractivity contribution in [1.82, 2.24) is 0 Å². The maximum absolute atomic E-state index is 11.8. The van der Waals surface area contributed by atoms with E-state index in [1.165, 1.54) is 6.07 Å². The van der Waals surface area contributed by atoms with E-state index in [-0.39, 0.29) is 16.4 Å². The van der Waals surface area contributed by atoms with Crippen molar-refractivity contribution < 1.29 is 31.9 Å². The first-order valence-corrected chi connectivity index (χ1v) is 10.1. The average Bonchev–Trinajstić information content (AvgIpc) is 2.59. The van der Waals surface area contributed by atoms with Crippen LogP contribution in [0.3, 0.4) is 0 Å². The number of rotatable bonds is 5. The summed E-state index contributed by atoms with van der Waals surface area (Å²) in [6.07, 6.45) is 4.17. The molecule has 2 unspecified atom stereocenters. The van der Waals surface area contributed by atoms with E-state index < -0.39 is 22.7 Å². The summed E-state index contributed by atoms with van der Waals surface area (Å²) in [5.41, 5.74) is 0.701. The zero-order chi connectivity index (χ0) is 17.9. The fourth-order valence-corrected chi connectivity index (χ4v) is 3.59. The molecule has 0 radical (unpaired) electrons. The zero-order valence-corrected chi connectivity index (χ0v) is 15.1. The summed E-state index contributed by atoms with van der Waals surface area (Å²) in [7, 11) is -4.47. The van der Waals surface area contributed by atoms with Gasteiger partial charge >= 0.3 is 0 Å². The van der Waals surface area contributed by atoms with Crippen molar-refractivity contribution in [3.63, 3.8) is 0 Å². The van der Waals surface area contributed by atoms with Crippen molar-refractivity contribution in [2.24, 2.45) is 0 Å². The second-order valence-corrected chi connectivity index (χ2v) is 7.73. The van der Waals surface area contributed by atoms with Crippen LogP contribution < -0.4 is 9.47 Å². The summed E-state index contributed by atoms with van der Waals surface area (Å²) in [5, 5.41) is 0. The first-order valence-electron chi connectivity index (χ1n) is 8.63. The molecule has 0 bridgehead atoms. The van der Waals surface area contributed by atoms with E-state index in [2.05, 4.69) is 0 Å². The van der Waals surface area contributed by atoms with Gasteiger partial charge in [-0.3, -0.25) is 4.55 Å². The molecule has 1 aromatic rings. The smallest absolute Gasteiger partial charge is 0.298 e. The second kappa shape index (κ2) is 7.90. The number of benzene rings is 1. The van der Waals surface area contributed by atoms with E-state index in [1.807, 2.05) is 0 Å². The van der Waals surface area contributed by atoms with Gasteiger partial charge in [0.2, 0.25) is 0 Å². The Morgan fingerprint density at radius 3 is 2.00 bits per heavy atom. The van der Waals surface area contributed by atoms with E-state index in [9.17, 15) is 13.0 Å². The highest BCUT2D eigenvalue weighted by atomic mass is 32.2. The van der Waals surface area contributed by atoms with Gasteiger partial charge in [0.1, 0.15) is 4.90 Å². The SMILES string of the molecule is Cc1ccc(S(=O)(=O)O)c(OC2CCCCO2)c1OC1CCCCO1. The Hall–Kier alpha value is -1.35. The zero-order valence-electron chi connectivity index (χ0n) is 14.3. The molecule has 2 aliphatic rings. The highest BCUT2D eigenvalue weighted by molar-refractivity contribution is 7.86. The normalized spacial score (nSPS) is 24.7. The van der Waals surface area contributed by atoms with Crippen LogP contribution in [0.5, 0.6) is 11.5 Å². The van der Waals surface area contributed by atoms with Gasteiger partial charge in [-0.15, -0.1) is 0 Å². The molecule has 0 saturated carbocycles. The molecule has 2 saturated heterocycles. The van der Waals surface area contributed by atoms with Gasteiger partial charge in [-0.25, -0.2) is 0 Å². The van der Waals surface area contributed by atoms with E-state index in [0.29, 0.717) is 25.2 Å². The molecular formula is C17H24O7S. The summed E-state index contributed by atoms with van der Waals surface area (Å²) in [4.78, 5) is -0.321. The molecule has 0 spiro atoms. The first-order chi connectivity index (χ1) is 11.9. The van der Waals surface area contributed by atoms with Gasteiger partial charge in [0.25, 0.3) is 10.1 Å². The lowest BCUT2D eigenvalue weighted by molar-refractivity contribution is -0.120. The molecule has 140 valence electrons. The molecule has 2 atom stereocenters. The minimum Gasteiger partial charge on any atom is -0.461 e. The minimum atomic E-state index is -4.47. The molecule has 3 rings (SSSR count). The Labute approximate surface area is 148 Å². The Morgan fingerprint density at radius 2 is 1.52 bits per heavy atom. The van der Waals surface area contributed by atoms with Crippen LogP contribution in [0.2, 0.25) is 0 Å². The van der Waals surface area contributed by atoms with Crippen LogP contribution in [-0.4, -0.2) is 38.8 Å². The third-order valence-corrected chi connectivity index (χ3v) is 5.20. The van der Waals surface area contributed by atoms with Crippen molar-refractivity contribution in [3.05, 3.63) is 17.7 Å². The number of aryl methyl sites for hydroxylation is 1. The van der Waals surface area contributed by atoms with Crippen LogP contribution in [0.4, 0.5) is 0 Å². The maximum atomic E-state index is 11.8. The lowest BCUT2D eigenvalue weighted by atomic mass is 10.1. The minimum absolute atomic E-state index is 0.0106. The average molecular weight is 372 g/mol. The molecule has 8 heteroatoms. The third kappa shape index (κ3) is 4.63. The van der Waals surface area contributed by atoms with Crippen LogP contribution in [0, 0.1) is 6.92 Å². The quantitative estimate of drug-likeness (QED) is 0.794. The highest BCUT2D eigenvalue weighted by Gasteiger charge is 2.28. The Morgan fingerprint density at radius 1 is 0.960 bits per heavy atom. The Balaban J connectivity index is 1.95. The van der Waals surface area contributed by atoms with Gasteiger partial charge in [-0.05, 0) is 44.2 Å². The standard InChI is InChI=1S/C17H24O7S/c1-12-8-9-13(25(18,19)20)17(24-15-7-3-5-11-22-15)16(12)23-14-6-2-4-10-21-14/h8-9,14-15H,2-7,10-11H2,1H3,(H,18,19,20). The molecule has 2 fully saturated rings. The summed E-state index contributed by atoms with van der Waals surface area (Å²) < 4.78 is 56.1. The van der Waals surface area contributed by atoms with Crippen LogP contribution in [-0.2, 0) is 19.6 Å². The largest absolute Gasteiger partial charge is 0.461 e. The van der Waals surface area contributed by atoms with Crippen molar-refractivity contribution in [2.75, 3.05) is 13.2 Å². The van der Waals surface area contributed by atoms with E-state index in [4.69, 9.17) is 18.9 Å². The van der Waals surface area contributed by atoms with Gasteiger partial charge in [0.05, 0.1) is 13.2 Å². The predicted octanol–water partition coefficient (Wildman–Crippen LogP) is 3.05. The number of hydrogen-bond donors (Lipinski definition) is 1. The summed E-state index contributed by atoms with van der Waals surface area (Å²) in [5.74, 6) is 0.264. The molecule has 0 aliphatic carbocycles. The fraction of sp³-hybridized carbons (Fsp3) is 0.647. The molecule has 2 heterocycles. The lowest BCUT2D eigenvalue weighted by Crippen LogP contribution is -2.28. The number of ether oxygens (including phenoxy) is 4. The topological polar surface area (TPSA) is 91.3 Å². The summed E-state index contributed by atoms with van der Waals surface area (Å²) >= 11 is 0. The molecule has 0 amide bonds. The van der Waals surface area contributed by atoms with Gasteiger partial charge in [-0.2, -0.15) is 8.42 Å². The fourth-order valence-electron chi connectivity index (χ4n) is 2.98. The summed E-state index contributed by atoms with van der Waals surface area (Å²) in [6.45, 7) is 2.95. The second-order valence-electron chi connectivity index (χ2n) is 6.34. The molecule has 0 aromatic heterocycles. The van der Waals surface area contributed by atoms with Crippen molar-refractivity contribution in [1.29, 1.82) is 0 Å². The third-order valence-electron chi connectivity index (χ3n) is 4.33. The molecule has 1 aromatic carbocycles. The van der Waals surface area contributed by atoms with E-state index in [1.54, 1.807) is 13.0 Å². The Bertz CT molecular complexity index is 689. The first kappa shape index (κ1) is 18.4. The lowest BCUT2D eigenvalue weighted by Gasteiger charge is -2.28. The maximum Gasteiger partial charge on any atom is 0.298 e. The molecule has 2 aliphatic heterocycles. The highest BCUT2D eigenvalue weighted by Crippen LogP contribution is 2.40. The van der Waals surface area contributed by atoms with Crippen LogP contribution in [0.25, 0.3) is 0 Å². The van der Waals surface area contributed by atoms with Crippen molar-refractivity contribution in [3.8, 4) is 11.5 Å². The van der Waals surface area contributed by atoms with Crippen molar-refractivity contribution >= 4 is 10.1 Å². The number of hydrogen-bond acceptors (Lipinski definition) is 6. The van der Waals surface area contributed by atoms with Crippen LogP contribution in [0.15, 0.2) is 17.0 Å². The predicted molar refractivity (Wildman–Crippen MR) is 89.4 cm³/mol. The van der Waals surface area contributed by atoms with Gasteiger partial charge < -0.3 is 18.9 Å². The van der Waals surface area contributed by atoms with E-state index in [0.717, 1.165) is 32.1 Å². The Kier molecular flexibility index (Phi) is 5.83. The van der Waals surface area contributed by atoms with Crippen molar-refractivity contribution in [2.45, 2.75) is 62.9 Å². The van der Waals surface area contributed by atoms with Gasteiger partial charge in [-0.1, -0.05) is 6.07 Å². The van der Waals surface area contributed by atoms with Crippen LogP contribution in [0.1, 0.15) is 44.1 Å². The molecule has 7 nitrogen and oxygen atoms in total. The summed E-state index contributed by atoms with van der Waals surface area (Å²) in [6, 6.07) is 2.90.